The minimum absolute atomic E-state index is 0.0157. The highest BCUT2D eigenvalue weighted by Crippen LogP contribution is 2.19. The van der Waals surface area contributed by atoms with Gasteiger partial charge >= 0.3 is 0 Å². The van der Waals surface area contributed by atoms with E-state index in [2.05, 4.69) is 19.2 Å². The lowest BCUT2D eigenvalue weighted by atomic mass is 9.99. The van der Waals surface area contributed by atoms with Crippen LogP contribution in [0.3, 0.4) is 0 Å². The first-order valence-corrected chi connectivity index (χ1v) is 6.68. The van der Waals surface area contributed by atoms with Crippen molar-refractivity contribution in [1.29, 1.82) is 0 Å². The number of hydrogen-bond acceptors (Lipinski definition) is 3. The molecule has 1 aliphatic rings. The minimum atomic E-state index is 0.0157. The molecule has 0 fully saturated rings. The second kappa shape index (κ2) is 7.41. The highest BCUT2D eigenvalue weighted by Gasteiger charge is 2.22. The van der Waals surface area contributed by atoms with Crippen molar-refractivity contribution < 1.29 is 14.3 Å². The number of carbonyl (C=O) groups excluding carboxylic acids is 1. The summed E-state index contributed by atoms with van der Waals surface area (Å²) >= 11 is 0. The van der Waals surface area contributed by atoms with Gasteiger partial charge in [-0.25, -0.2) is 0 Å². The molecule has 1 unspecified atom stereocenters. The van der Waals surface area contributed by atoms with E-state index in [0.717, 1.165) is 37.2 Å². The summed E-state index contributed by atoms with van der Waals surface area (Å²) in [6.45, 7) is 7.48. The quantitative estimate of drug-likeness (QED) is 0.792. The van der Waals surface area contributed by atoms with Crippen molar-refractivity contribution in [2.24, 2.45) is 5.92 Å². The van der Waals surface area contributed by atoms with Gasteiger partial charge in [0.15, 0.2) is 0 Å². The van der Waals surface area contributed by atoms with Gasteiger partial charge in [0, 0.05) is 19.8 Å². The Labute approximate surface area is 110 Å². The van der Waals surface area contributed by atoms with Crippen LogP contribution in [0.5, 0.6) is 0 Å². The first-order valence-electron chi connectivity index (χ1n) is 6.68. The van der Waals surface area contributed by atoms with E-state index in [4.69, 9.17) is 9.47 Å². The van der Waals surface area contributed by atoms with E-state index >= 15 is 0 Å². The zero-order valence-corrected chi connectivity index (χ0v) is 11.9. The summed E-state index contributed by atoms with van der Waals surface area (Å²) in [5.41, 5.74) is 0.796. The number of nitrogens with one attached hydrogen (secondary N) is 1. The molecule has 0 aliphatic carbocycles. The molecule has 0 saturated heterocycles. The fraction of sp³-hybridized carbons (Fsp3) is 0.786. The molecule has 0 spiro atoms. The van der Waals surface area contributed by atoms with Crippen LogP contribution in [0.2, 0.25) is 0 Å². The van der Waals surface area contributed by atoms with Crippen LogP contribution in [-0.2, 0) is 14.3 Å². The molecule has 0 bridgehead atoms. The third kappa shape index (κ3) is 4.33. The zero-order chi connectivity index (χ0) is 13.5. The monoisotopic (exact) mass is 255 g/mol. The van der Waals surface area contributed by atoms with Gasteiger partial charge in [-0.2, -0.15) is 0 Å². The molecule has 1 rings (SSSR count). The molecular weight excluding hydrogens is 230 g/mol. The number of amides is 1. The molecule has 0 radical (unpaired) electrons. The summed E-state index contributed by atoms with van der Waals surface area (Å²) in [5.74, 6) is 1.18. The maximum atomic E-state index is 12.2. The molecule has 0 saturated carbocycles. The van der Waals surface area contributed by atoms with Crippen molar-refractivity contribution in [3.63, 3.8) is 0 Å². The molecule has 0 aromatic carbocycles. The standard InChI is InChI=1S/C14H25NO3/c1-10(2)13(7-9-17-4)15-14(16)12-6-5-8-18-11(12)3/h10,13H,5-9H2,1-4H3,(H,15,16). The average molecular weight is 255 g/mol. The summed E-state index contributed by atoms with van der Waals surface area (Å²) in [6.07, 6.45) is 2.57. The number of allylic oxidation sites excluding steroid dienone is 1. The molecule has 1 atom stereocenters. The van der Waals surface area contributed by atoms with Crippen molar-refractivity contribution in [1.82, 2.24) is 5.32 Å². The molecule has 0 aromatic heterocycles. The number of hydrogen-bond donors (Lipinski definition) is 1. The lowest BCUT2D eigenvalue weighted by Gasteiger charge is -2.25. The predicted octanol–water partition coefficient (Wildman–Crippen LogP) is 2.25. The van der Waals surface area contributed by atoms with Crippen molar-refractivity contribution >= 4 is 5.91 Å². The number of methoxy groups -OCH3 is 1. The van der Waals surface area contributed by atoms with Gasteiger partial charge in [0.05, 0.1) is 12.2 Å². The molecule has 1 N–H and O–H groups in total. The summed E-state index contributed by atoms with van der Waals surface area (Å²) in [4.78, 5) is 12.2. The molecule has 4 nitrogen and oxygen atoms in total. The summed E-state index contributed by atoms with van der Waals surface area (Å²) in [5, 5.41) is 3.09. The van der Waals surface area contributed by atoms with Gasteiger partial charge in [-0.3, -0.25) is 4.79 Å². The first kappa shape index (κ1) is 15.0. The van der Waals surface area contributed by atoms with Crippen molar-refractivity contribution in [2.75, 3.05) is 20.3 Å². The molecule has 4 heteroatoms. The van der Waals surface area contributed by atoms with E-state index in [9.17, 15) is 4.79 Å². The van der Waals surface area contributed by atoms with E-state index in [-0.39, 0.29) is 11.9 Å². The van der Waals surface area contributed by atoms with Crippen LogP contribution in [-0.4, -0.2) is 32.3 Å². The maximum absolute atomic E-state index is 12.2. The summed E-state index contributed by atoms with van der Waals surface area (Å²) < 4.78 is 10.5. The molecule has 1 amide bonds. The van der Waals surface area contributed by atoms with Crippen molar-refractivity contribution in [3.05, 3.63) is 11.3 Å². The van der Waals surface area contributed by atoms with E-state index in [1.165, 1.54) is 0 Å². The van der Waals surface area contributed by atoms with Crippen LogP contribution >= 0.6 is 0 Å². The van der Waals surface area contributed by atoms with Gasteiger partial charge in [0.2, 0.25) is 0 Å². The average Bonchev–Trinajstić information content (AvgIpc) is 2.34. The SMILES string of the molecule is COCCC(NC(=O)C1=C(C)OCCC1)C(C)C. The van der Waals surface area contributed by atoms with E-state index in [1.54, 1.807) is 7.11 Å². The van der Waals surface area contributed by atoms with E-state index < -0.39 is 0 Å². The van der Waals surface area contributed by atoms with Crippen LogP contribution < -0.4 is 5.32 Å². The van der Waals surface area contributed by atoms with Gasteiger partial charge in [0.25, 0.3) is 5.91 Å². The third-order valence-corrected chi connectivity index (χ3v) is 3.34. The van der Waals surface area contributed by atoms with Crippen molar-refractivity contribution in [3.8, 4) is 0 Å². The Bertz CT molecular complexity index is 310. The Balaban J connectivity index is 2.60. The highest BCUT2D eigenvalue weighted by molar-refractivity contribution is 5.94. The lowest BCUT2D eigenvalue weighted by Crippen LogP contribution is -2.40. The minimum Gasteiger partial charge on any atom is -0.498 e. The Hall–Kier alpha value is -1.03. The van der Waals surface area contributed by atoms with Crippen LogP contribution in [0.4, 0.5) is 0 Å². The lowest BCUT2D eigenvalue weighted by molar-refractivity contribution is -0.119. The van der Waals surface area contributed by atoms with E-state index in [0.29, 0.717) is 12.5 Å². The third-order valence-electron chi connectivity index (χ3n) is 3.34. The zero-order valence-electron chi connectivity index (χ0n) is 11.9. The molecule has 0 aromatic rings. The summed E-state index contributed by atoms with van der Waals surface area (Å²) in [6, 6.07) is 0.152. The Morgan fingerprint density at radius 3 is 2.78 bits per heavy atom. The topological polar surface area (TPSA) is 47.6 Å². The van der Waals surface area contributed by atoms with E-state index in [1.807, 2.05) is 6.92 Å². The Kier molecular flexibility index (Phi) is 6.19. The van der Waals surface area contributed by atoms with Gasteiger partial charge in [-0.1, -0.05) is 13.8 Å². The van der Waals surface area contributed by atoms with Gasteiger partial charge in [-0.05, 0) is 32.1 Å². The van der Waals surface area contributed by atoms with Crippen LogP contribution in [0, 0.1) is 5.92 Å². The summed E-state index contributed by atoms with van der Waals surface area (Å²) in [7, 11) is 1.68. The fourth-order valence-corrected chi connectivity index (χ4v) is 2.08. The second-order valence-electron chi connectivity index (χ2n) is 5.09. The first-order chi connectivity index (χ1) is 8.56. The molecule has 104 valence electrons. The number of carbonyl (C=O) groups is 1. The second-order valence-corrected chi connectivity index (χ2v) is 5.09. The van der Waals surface area contributed by atoms with Gasteiger partial charge in [-0.15, -0.1) is 0 Å². The molecule has 1 aliphatic heterocycles. The van der Waals surface area contributed by atoms with Crippen LogP contribution in [0.1, 0.15) is 40.0 Å². The molecular formula is C14H25NO3. The van der Waals surface area contributed by atoms with Crippen molar-refractivity contribution in [2.45, 2.75) is 46.1 Å². The number of ether oxygens (including phenoxy) is 2. The van der Waals surface area contributed by atoms with Gasteiger partial charge in [0.1, 0.15) is 5.76 Å². The molecule has 18 heavy (non-hydrogen) atoms. The van der Waals surface area contributed by atoms with Crippen LogP contribution in [0.15, 0.2) is 11.3 Å². The Morgan fingerprint density at radius 1 is 1.50 bits per heavy atom. The van der Waals surface area contributed by atoms with Crippen LogP contribution in [0.25, 0.3) is 0 Å². The molecule has 1 heterocycles. The maximum Gasteiger partial charge on any atom is 0.250 e. The highest BCUT2D eigenvalue weighted by atomic mass is 16.5. The fourth-order valence-electron chi connectivity index (χ4n) is 2.08. The number of rotatable bonds is 6. The largest absolute Gasteiger partial charge is 0.498 e. The predicted molar refractivity (Wildman–Crippen MR) is 71.1 cm³/mol. The van der Waals surface area contributed by atoms with Gasteiger partial charge < -0.3 is 14.8 Å². The smallest absolute Gasteiger partial charge is 0.250 e. The Morgan fingerprint density at radius 2 is 2.22 bits per heavy atom. The normalized spacial score (nSPS) is 17.6.